The van der Waals surface area contributed by atoms with Crippen molar-refractivity contribution >= 4 is 36.5 Å². The third kappa shape index (κ3) is 4.24. The van der Waals surface area contributed by atoms with Crippen LogP contribution in [0.25, 0.3) is 10.9 Å². The molecule has 0 aliphatic carbocycles. The van der Waals surface area contributed by atoms with Crippen molar-refractivity contribution in [1.29, 1.82) is 0 Å². The van der Waals surface area contributed by atoms with Gasteiger partial charge in [0.2, 0.25) is 9.84 Å². The van der Waals surface area contributed by atoms with Gasteiger partial charge >= 0.3 is 5.97 Å². The van der Waals surface area contributed by atoms with Crippen LogP contribution in [0, 0.1) is 12.7 Å². The normalized spacial score (nSPS) is 12.3. The van der Waals surface area contributed by atoms with Crippen LogP contribution in [-0.4, -0.2) is 43.7 Å². The van der Waals surface area contributed by atoms with Crippen LogP contribution in [0.3, 0.4) is 0 Å². The molecule has 2 N–H and O–H groups in total. The Hall–Kier alpha value is -3.44. The predicted molar refractivity (Wildman–Crippen MR) is 123 cm³/mol. The lowest BCUT2D eigenvalue weighted by Gasteiger charge is -2.09. The zero-order valence-electron chi connectivity index (χ0n) is 18.2. The molecule has 0 bridgehead atoms. The summed E-state index contributed by atoms with van der Waals surface area (Å²) >= 11 is 0. The van der Waals surface area contributed by atoms with Crippen LogP contribution in [0.4, 0.5) is 4.39 Å². The van der Waals surface area contributed by atoms with Gasteiger partial charge in [0.1, 0.15) is 12.4 Å². The van der Waals surface area contributed by atoms with E-state index in [0.717, 1.165) is 6.26 Å². The minimum absolute atomic E-state index is 0.00429. The number of carboxylic acid groups (broad SMARTS) is 1. The van der Waals surface area contributed by atoms with Crippen molar-refractivity contribution in [1.82, 2.24) is 9.55 Å². The van der Waals surface area contributed by atoms with E-state index < -0.39 is 31.5 Å². The number of sulfone groups is 2. The summed E-state index contributed by atoms with van der Waals surface area (Å²) < 4.78 is 65.6. The van der Waals surface area contributed by atoms with Gasteiger partial charge in [0, 0.05) is 41.2 Å². The molecule has 4 aromatic rings. The zero-order valence-corrected chi connectivity index (χ0v) is 19.9. The molecular formula is C23H21FN2O6S2. The van der Waals surface area contributed by atoms with Gasteiger partial charge in [0.05, 0.1) is 14.7 Å². The fourth-order valence-corrected chi connectivity index (χ4v) is 6.12. The molecule has 0 fully saturated rings. The lowest BCUT2D eigenvalue weighted by molar-refractivity contribution is -0.137. The van der Waals surface area contributed by atoms with Crippen LogP contribution in [0.1, 0.15) is 17.0 Å². The minimum Gasteiger partial charge on any atom is -0.480 e. The molecule has 2 heterocycles. The average Bonchev–Trinajstić information content (AvgIpc) is 3.32. The monoisotopic (exact) mass is 504 g/mol. The first-order chi connectivity index (χ1) is 15.9. The van der Waals surface area contributed by atoms with Gasteiger partial charge in [-0.3, -0.25) is 4.79 Å². The maximum atomic E-state index is 14.0. The molecule has 2 aromatic carbocycles. The van der Waals surface area contributed by atoms with Crippen LogP contribution >= 0.6 is 0 Å². The topological polar surface area (TPSA) is 126 Å². The molecule has 0 saturated carbocycles. The van der Waals surface area contributed by atoms with E-state index >= 15 is 0 Å². The van der Waals surface area contributed by atoms with Crippen molar-refractivity contribution in [2.45, 2.75) is 34.6 Å². The van der Waals surface area contributed by atoms with Gasteiger partial charge in [0.15, 0.2) is 9.84 Å². The van der Waals surface area contributed by atoms with Crippen molar-refractivity contribution in [3.05, 3.63) is 77.5 Å². The summed E-state index contributed by atoms with van der Waals surface area (Å²) in [4.78, 5) is 14.2. The molecule has 0 saturated heterocycles. The van der Waals surface area contributed by atoms with Crippen molar-refractivity contribution in [3.63, 3.8) is 0 Å². The number of aliphatic carboxylic acids is 1. The second-order valence-electron chi connectivity index (χ2n) is 7.95. The van der Waals surface area contributed by atoms with Crippen LogP contribution < -0.4 is 0 Å². The van der Waals surface area contributed by atoms with Crippen LogP contribution in [-0.2, 0) is 37.4 Å². The van der Waals surface area contributed by atoms with E-state index in [2.05, 4.69) is 4.98 Å². The third-order valence-corrected chi connectivity index (χ3v) is 8.69. The summed E-state index contributed by atoms with van der Waals surface area (Å²) in [5.41, 5.74) is 2.05. The lowest BCUT2D eigenvalue weighted by Crippen LogP contribution is -2.10. The maximum absolute atomic E-state index is 14.0. The lowest BCUT2D eigenvalue weighted by atomic mass is 10.1. The summed E-state index contributed by atoms with van der Waals surface area (Å²) in [5, 5.41) is 9.79. The molecule has 0 radical (unpaired) electrons. The number of aromatic amines is 1. The van der Waals surface area contributed by atoms with E-state index in [9.17, 15) is 31.1 Å². The molecule has 34 heavy (non-hydrogen) atoms. The van der Waals surface area contributed by atoms with Gasteiger partial charge in [-0.15, -0.1) is 0 Å². The molecule has 0 atom stereocenters. The Morgan fingerprint density at radius 2 is 1.68 bits per heavy atom. The fraction of sp³-hybridized carbons (Fsp3) is 0.174. The van der Waals surface area contributed by atoms with Crippen molar-refractivity contribution in [2.75, 3.05) is 6.26 Å². The SMILES string of the molecule is Cc1c(Cc2[nH]ccc2S(=O)(=O)c2ccc(S(C)(=O)=O)cc2)c2cc(F)ccc2n1CC(=O)O. The highest BCUT2D eigenvalue weighted by atomic mass is 32.2. The van der Waals surface area contributed by atoms with Crippen molar-refractivity contribution < 1.29 is 31.1 Å². The molecule has 0 aliphatic heterocycles. The third-order valence-electron chi connectivity index (χ3n) is 5.70. The van der Waals surface area contributed by atoms with Crippen LogP contribution in [0.5, 0.6) is 0 Å². The Morgan fingerprint density at radius 3 is 2.29 bits per heavy atom. The molecule has 0 aliphatic rings. The smallest absolute Gasteiger partial charge is 0.323 e. The van der Waals surface area contributed by atoms with E-state index in [1.165, 1.54) is 54.7 Å². The minimum atomic E-state index is -4.00. The van der Waals surface area contributed by atoms with E-state index in [-0.39, 0.29) is 27.7 Å². The number of nitrogens with zero attached hydrogens (tertiary/aromatic N) is 1. The molecular weight excluding hydrogens is 483 g/mol. The van der Waals surface area contributed by atoms with Gasteiger partial charge in [0.25, 0.3) is 0 Å². The van der Waals surface area contributed by atoms with Gasteiger partial charge in [-0.1, -0.05) is 0 Å². The van der Waals surface area contributed by atoms with Gasteiger partial charge in [-0.25, -0.2) is 21.2 Å². The Labute approximate surface area is 195 Å². The molecule has 0 spiro atoms. The summed E-state index contributed by atoms with van der Waals surface area (Å²) in [6.45, 7) is 1.38. The Bertz CT molecular complexity index is 1630. The van der Waals surface area contributed by atoms with Crippen molar-refractivity contribution in [3.8, 4) is 0 Å². The highest BCUT2D eigenvalue weighted by molar-refractivity contribution is 7.91. The number of fused-ring (bicyclic) bond motifs is 1. The second kappa shape index (κ2) is 8.41. The standard InChI is InChI=1S/C23H21FN2O6S2/c1-14-18(19-11-15(24)3-8-21(19)26(14)13-23(27)28)12-20-22(9-10-25-20)34(31,32)17-6-4-16(5-7-17)33(2,29)30/h3-11,25H,12-13H2,1-2H3,(H,27,28). The van der Waals surface area contributed by atoms with Gasteiger partial charge in [-0.2, -0.15) is 0 Å². The molecule has 2 aromatic heterocycles. The number of rotatable bonds is 7. The number of carbonyl (C=O) groups is 1. The summed E-state index contributed by atoms with van der Waals surface area (Å²) in [6.07, 6.45) is 2.59. The number of H-pyrrole nitrogens is 1. The number of nitrogens with one attached hydrogen (secondary N) is 1. The first-order valence-corrected chi connectivity index (χ1v) is 13.5. The first-order valence-electron chi connectivity index (χ1n) is 10.1. The number of halogens is 1. The Balaban J connectivity index is 1.79. The molecule has 4 rings (SSSR count). The maximum Gasteiger partial charge on any atom is 0.323 e. The van der Waals surface area contributed by atoms with Crippen LogP contribution in [0.2, 0.25) is 0 Å². The summed E-state index contributed by atoms with van der Waals surface area (Å²) in [6, 6.07) is 10.4. The average molecular weight is 505 g/mol. The van der Waals surface area contributed by atoms with E-state index in [0.29, 0.717) is 27.9 Å². The number of hydrogen-bond acceptors (Lipinski definition) is 5. The van der Waals surface area contributed by atoms with Gasteiger partial charge < -0.3 is 14.7 Å². The fourth-order valence-electron chi connectivity index (χ4n) is 4.04. The molecule has 11 heteroatoms. The molecule has 8 nitrogen and oxygen atoms in total. The summed E-state index contributed by atoms with van der Waals surface area (Å²) in [5.74, 6) is -1.55. The zero-order chi connectivity index (χ0) is 24.8. The molecule has 0 amide bonds. The van der Waals surface area contributed by atoms with E-state index in [1.807, 2.05) is 0 Å². The van der Waals surface area contributed by atoms with Crippen LogP contribution in [0.15, 0.2) is 69.4 Å². The number of carboxylic acids is 1. The largest absolute Gasteiger partial charge is 0.480 e. The highest BCUT2D eigenvalue weighted by Crippen LogP contribution is 2.32. The number of benzene rings is 2. The predicted octanol–water partition coefficient (Wildman–Crippen LogP) is 3.33. The van der Waals surface area contributed by atoms with E-state index in [4.69, 9.17) is 0 Å². The Kier molecular flexibility index (Phi) is 5.86. The molecule has 0 unspecified atom stereocenters. The summed E-state index contributed by atoms with van der Waals surface area (Å²) in [7, 11) is -7.48. The first kappa shape index (κ1) is 23.7. The van der Waals surface area contributed by atoms with Crippen molar-refractivity contribution in [2.24, 2.45) is 0 Å². The number of hydrogen-bond donors (Lipinski definition) is 2. The highest BCUT2D eigenvalue weighted by Gasteiger charge is 2.25. The van der Waals surface area contributed by atoms with E-state index in [1.54, 1.807) is 11.5 Å². The van der Waals surface area contributed by atoms with Gasteiger partial charge in [-0.05, 0) is 61.0 Å². The Morgan fingerprint density at radius 1 is 1.03 bits per heavy atom. The number of aromatic nitrogens is 2. The quantitative estimate of drug-likeness (QED) is 0.398. The molecule has 178 valence electrons. The second-order valence-corrected chi connectivity index (χ2v) is 11.9.